The molecule has 0 atom stereocenters. The predicted octanol–water partition coefficient (Wildman–Crippen LogP) is -3.07. The molecule has 11 heteroatoms. The third-order valence-electron chi connectivity index (χ3n) is 3.82. The summed E-state index contributed by atoms with van der Waals surface area (Å²) in [6.45, 7) is 1.91. The van der Waals surface area contributed by atoms with Crippen molar-refractivity contribution in [3.05, 3.63) is 0 Å². The van der Waals surface area contributed by atoms with Gasteiger partial charge in [0.15, 0.2) is 0 Å². The molecule has 1 heterocycles. The maximum atomic E-state index is 11.5. The van der Waals surface area contributed by atoms with Crippen LogP contribution in [-0.2, 0) is 19.2 Å². The Bertz CT molecular complexity index is 449. The Morgan fingerprint density at radius 1 is 0.792 bits per heavy atom. The molecule has 136 valence electrons. The first-order chi connectivity index (χ1) is 11.4. The fourth-order valence-corrected chi connectivity index (χ4v) is 2.46. The zero-order chi connectivity index (χ0) is 18.2. The average molecular weight is 346 g/mol. The SMILES string of the molecule is O=CN1CCNCCNCCN(C(C(=O)O)(C(=O)O)C(=O)O)CC1. The van der Waals surface area contributed by atoms with E-state index in [9.17, 15) is 34.5 Å². The van der Waals surface area contributed by atoms with Gasteiger partial charge >= 0.3 is 23.4 Å². The van der Waals surface area contributed by atoms with Gasteiger partial charge in [-0.1, -0.05) is 0 Å². The lowest BCUT2D eigenvalue weighted by atomic mass is 9.97. The molecule has 11 nitrogen and oxygen atoms in total. The second-order valence-electron chi connectivity index (χ2n) is 5.25. The smallest absolute Gasteiger partial charge is 0.347 e. The summed E-state index contributed by atoms with van der Waals surface area (Å²) in [4.78, 5) is 47.8. The Hall–Kier alpha value is -2.24. The van der Waals surface area contributed by atoms with Crippen molar-refractivity contribution in [2.24, 2.45) is 0 Å². The molecule has 0 aromatic heterocycles. The van der Waals surface area contributed by atoms with E-state index in [-0.39, 0.29) is 26.2 Å². The van der Waals surface area contributed by atoms with Crippen LogP contribution in [-0.4, -0.2) is 107 Å². The highest BCUT2D eigenvalue weighted by atomic mass is 16.4. The normalized spacial score (nSPS) is 18.9. The Morgan fingerprint density at radius 2 is 1.29 bits per heavy atom. The van der Waals surface area contributed by atoms with E-state index in [1.54, 1.807) is 0 Å². The fraction of sp³-hybridized carbons (Fsp3) is 0.692. The first-order valence-corrected chi connectivity index (χ1v) is 7.43. The van der Waals surface area contributed by atoms with Gasteiger partial charge in [0.25, 0.3) is 0 Å². The molecule has 0 bridgehead atoms. The Labute approximate surface area is 138 Å². The molecule has 1 saturated heterocycles. The topological polar surface area (TPSA) is 160 Å². The molecule has 0 spiro atoms. The molecule has 0 aliphatic carbocycles. The maximum Gasteiger partial charge on any atom is 0.347 e. The van der Waals surface area contributed by atoms with E-state index in [0.717, 1.165) is 4.90 Å². The number of amides is 1. The lowest BCUT2D eigenvalue weighted by molar-refractivity contribution is -0.179. The van der Waals surface area contributed by atoms with Crippen LogP contribution in [0, 0.1) is 0 Å². The molecule has 24 heavy (non-hydrogen) atoms. The predicted molar refractivity (Wildman–Crippen MR) is 80.6 cm³/mol. The third-order valence-corrected chi connectivity index (χ3v) is 3.82. The van der Waals surface area contributed by atoms with Gasteiger partial charge in [0.05, 0.1) is 0 Å². The van der Waals surface area contributed by atoms with Gasteiger partial charge in [0, 0.05) is 52.4 Å². The highest BCUT2D eigenvalue weighted by molar-refractivity contribution is 6.21. The fourth-order valence-electron chi connectivity index (χ4n) is 2.46. The van der Waals surface area contributed by atoms with Gasteiger partial charge in [0.1, 0.15) is 0 Å². The standard InChI is InChI=1S/C13H22N4O7/c18-9-16-5-3-14-1-2-15-4-6-17(8-7-16)13(10(19)20,11(21)22)12(23)24/h9,14-15H,1-8H2,(H,19,20)(H,21,22)(H,23,24). The number of hydrogen-bond acceptors (Lipinski definition) is 7. The quantitative estimate of drug-likeness (QED) is 0.255. The molecule has 5 N–H and O–H groups in total. The zero-order valence-corrected chi connectivity index (χ0v) is 13.1. The minimum atomic E-state index is -3.10. The van der Waals surface area contributed by atoms with Crippen LogP contribution in [0.2, 0.25) is 0 Å². The second kappa shape index (κ2) is 9.15. The average Bonchev–Trinajstić information content (AvgIpc) is 2.49. The highest BCUT2D eigenvalue weighted by Gasteiger charge is 2.59. The van der Waals surface area contributed by atoms with Crippen LogP contribution < -0.4 is 10.6 Å². The van der Waals surface area contributed by atoms with Crippen molar-refractivity contribution in [1.82, 2.24) is 20.4 Å². The number of nitrogens with one attached hydrogen (secondary N) is 2. The van der Waals surface area contributed by atoms with Crippen molar-refractivity contribution < 1.29 is 34.5 Å². The summed E-state index contributed by atoms with van der Waals surface area (Å²) in [5.74, 6) is -5.93. The van der Waals surface area contributed by atoms with Crippen LogP contribution in [0.25, 0.3) is 0 Å². The molecule has 1 rings (SSSR count). The van der Waals surface area contributed by atoms with Gasteiger partial charge in [-0.2, -0.15) is 0 Å². The second-order valence-corrected chi connectivity index (χ2v) is 5.25. The van der Waals surface area contributed by atoms with E-state index < -0.39 is 23.4 Å². The van der Waals surface area contributed by atoms with E-state index in [1.165, 1.54) is 4.90 Å². The molecule has 1 fully saturated rings. The highest BCUT2D eigenvalue weighted by Crippen LogP contribution is 2.18. The molecule has 0 radical (unpaired) electrons. The molecule has 0 aromatic carbocycles. The summed E-state index contributed by atoms with van der Waals surface area (Å²) < 4.78 is 0. The number of carbonyl (C=O) groups is 4. The number of carboxylic acid groups (broad SMARTS) is 3. The van der Waals surface area contributed by atoms with Crippen LogP contribution in [0.15, 0.2) is 0 Å². The van der Waals surface area contributed by atoms with Gasteiger partial charge in [-0.15, -0.1) is 0 Å². The third kappa shape index (κ3) is 4.40. The lowest BCUT2D eigenvalue weighted by Gasteiger charge is -2.35. The van der Waals surface area contributed by atoms with Crippen LogP contribution >= 0.6 is 0 Å². The first kappa shape index (κ1) is 19.8. The molecule has 0 unspecified atom stereocenters. The molecular formula is C13H22N4O7. The van der Waals surface area contributed by atoms with Crippen molar-refractivity contribution in [1.29, 1.82) is 0 Å². The van der Waals surface area contributed by atoms with Gasteiger partial charge in [-0.25, -0.2) is 14.4 Å². The lowest BCUT2D eigenvalue weighted by Crippen LogP contribution is -2.67. The van der Waals surface area contributed by atoms with Crippen molar-refractivity contribution in [2.45, 2.75) is 5.54 Å². The zero-order valence-electron chi connectivity index (χ0n) is 13.1. The summed E-state index contributed by atoms with van der Waals surface area (Å²) in [7, 11) is 0. The molecule has 1 amide bonds. The summed E-state index contributed by atoms with van der Waals surface area (Å²) in [5.41, 5.74) is -3.10. The Kier molecular flexibility index (Phi) is 7.55. The van der Waals surface area contributed by atoms with Gasteiger partial charge < -0.3 is 30.9 Å². The van der Waals surface area contributed by atoms with Gasteiger partial charge in [-0.3, -0.25) is 9.69 Å². The van der Waals surface area contributed by atoms with Crippen LogP contribution in [0.4, 0.5) is 0 Å². The number of nitrogens with zero attached hydrogens (tertiary/aromatic N) is 2. The van der Waals surface area contributed by atoms with Crippen molar-refractivity contribution in [3.63, 3.8) is 0 Å². The summed E-state index contributed by atoms with van der Waals surface area (Å²) in [6, 6.07) is 0. The number of carbonyl (C=O) groups excluding carboxylic acids is 1. The van der Waals surface area contributed by atoms with Crippen molar-refractivity contribution >= 4 is 24.3 Å². The monoisotopic (exact) mass is 346 g/mol. The Balaban J connectivity index is 3.10. The summed E-state index contributed by atoms with van der Waals surface area (Å²) >= 11 is 0. The van der Waals surface area contributed by atoms with Crippen molar-refractivity contribution in [3.8, 4) is 0 Å². The van der Waals surface area contributed by atoms with Gasteiger partial charge in [0.2, 0.25) is 6.41 Å². The summed E-state index contributed by atoms with van der Waals surface area (Å²) in [6.07, 6.45) is 0.563. The van der Waals surface area contributed by atoms with E-state index in [2.05, 4.69) is 10.6 Å². The molecule has 0 saturated carbocycles. The largest absolute Gasteiger partial charge is 0.479 e. The van der Waals surface area contributed by atoms with Gasteiger partial charge in [-0.05, 0) is 0 Å². The van der Waals surface area contributed by atoms with Crippen LogP contribution in [0.3, 0.4) is 0 Å². The molecular weight excluding hydrogens is 324 g/mol. The minimum absolute atomic E-state index is 0.0147. The molecule has 1 aliphatic rings. The van der Waals surface area contributed by atoms with Crippen LogP contribution in [0.1, 0.15) is 0 Å². The number of rotatable bonds is 5. The minimum Gasteiger partial charge on any atom is -0.479 e. The number of hydrogen-bond donors (Lipinski definition) is 5. The summed E-state index contributed by atoms with van der Waals surface area (Å²) in [5, 5.41) is 34.0. The number of carboxylic acids is 3. The maximum absolute atomic E-state index is 11.5. The Morgan fingerprint density at radius 3 is 1.75 bits per heavy atom. The molecule has 1 aliphatic heterocycles. The number of aliphatic carboxylic acids is 3. The van der Waals surface area contributed by atoms with E-state index in [1.807, 2.05) is 0 Å². The van der Waals surface area contributed by atoms with E-state index in [4.69, 9.17) is 0 Å². The van der Waals surface area contributed by atoms with E-state index >= 15 is 0 Å². The van der Waals surface area contributed by atoms with Crippen LogP contribution in [0.5, 0.6) is 0 Å². The van der Waals surface area contributed by atoms with Crippen molar-refractivity contribution in [2.75, 3.05) is 52.4 Å². The first-order valence-electron chi connectivity index (χ1n) is 7.43. The van der Waals surface area contributed by atoms with E-state index in [0.29, 0.717) is 32.6 Å². The molecule has 0 aromatic rings.